The van der Waals surface area contributed by atoms with Crippen molar-refractivity contribution in [3.05, 3.63) is 42.6 Å². The highest BCUT2D eigenvalue weighted by atomic mass is 19.1. The number of benzene rings is 1. The lowest BCUT2D eigenvalue weighted by molar-refractivity contribution is -0.00778. The Morgan fingerprint density at radius 3 is 2.35 bits per heavy atom. The van der Waals surface area contributed by atoms with E-state index in [1.807, 2.05) is 24.3 Å². The first-order chi connectivity index (χ1) is 14.6. The minimum Gasteiger partial charge on any atom is -0.365 e. The lowest BCUT2D eigenvalue weighted by atomic mass is 9.77. The number of nitrogens with one attached hydrogen (secondary N) is 2. The Hall–Kier alpha value is -3.14. The first-order valence-electron chi connectivity index (χ1n) is 10.3. The van der Waals surface area contributed by atoms with E-state index >= 15 is 0 Å². The summed E-state index contributed by atoms with van der Waals surface area (Å²) in [7, 11) is 2.15. The van der Waals surface area contributed by atoms with Gasteiger partial charge in [-0.3, -0.25) is 4.90 Å². The second kappa shape index (κ2) is 7.84. The fourth-order valence-electron chi connectivity index (χ4n) is 4.30. The van der Waals surface area contributed by atoms with Gasteiger partial charge in [0.2, 0.25) is 5.95 Å². The molecule has 164 valence electrons. The predicted octanol–water partition coefficient (Wildman–Crippen LogP) is 3.40. The first-order valence-corrected chi connectivity index (χ1v) is 10.3. The average Bonchev–Trinajstić information content (AvgIpc) is 3.24. The van der Waals surface area contributed by atoms with Crippen LogP contribution in [0.15, 0.2) is 36.8 Å². The van der Waals surface area contributed by atoms with Gasteiger partial charge in [-0.05, 0) is 82.3 Å². The minimum atomic E-state index is -0.464. The molecule has 0 unspecified atom stereocenters. The number of rotatable bonds is 5. The van der Waals surface area contributed by atoms with Crippen molar-refractivity contribution in [2.75, 3.05) is 17.7 Å². The Bertz CT molecular complexity index is 1010. The number of piperidine rings is 1. The van der Waals surface area contributed by atoms with E-state index in [-0.39, 0.29) is 22.9 Å². The van der Waals surface area contributed by atoms with Crippen molar-refractivity contribution in [3.63, 3.8) is 0 Å². The average molecular weight is 426 g/mol. The van der Waals surface area contributed by atoms with Crippen molar-refractivity contribution in [1.29, 1.82) is 0 Å². The molecule has 1 aliphatic heterocycles. The molecular weight excluding hydrogens is 397 g/mol. The Morgan fingerprint density at radius 2 is 1.74 bits per heavy atom. The number of tetrazole rings is 1. The Morgan fingerprint density at radius 1 is 1.06 bits per heavy atom. The van der Waals surface area contributed by atoms with Crippen LogP contribution in [0.2, 0.25) is 0 Å². The van der Waals surface area contributed by atoms with Gasteiger partial charge in [-0.1, -0.05) is 0 Å². The molecule has 0 atom stereocenters. The van der Waals surface area contributed by atoms with Gasteiger partial charge in [0.15, 0.2) is 11.6 Å². The molecule has 3 aromatic rings. The SMILES string of the molecule is CN1C(C)(C)CC(Nc2nc(Nc3ccc(-n4cnnn4)cc3)ncc2F)CC1(C)C. The highest BCUT2D eigenvalue weighted by molar-refractivity contribution is 5.57. The molecule has 3 heterocycles. The third-order valence-corrected chi connectivity index (χ3v) is 6.13. The number of halogens is 1. The van der Waals surface area contributed by atoms with Crippen LogP contribution >= 0.6 is 0 Å². The zero-order chi connectivity index (χ0) is 22.2. The van der Waals surface area contributed by atoms with Crippen LogP contribution in [-0.2, 0) is 0 Å². The Labute approximate surface area is 181 Å². The lowest BCUT2D eigenvalue weighted by Crippen LogP contribution is -2.61. The molecule has 2 N–H and O–H groups in total. The number of hydrogen-bond donors (Lipinski definition) is 2. The summed E-state index contributed by atoms with van der Waals surface area (Å²) in [6.07, 6.45) is 4.49. The number of likely N-dealkylation sites (tertiary alicyclic amines) is 1. The van der Waals surface area contributed by atoms with E-state index < -0.39 is 5.82 Å². The van der Waals surface area contributed by atoms with Crippen LogP contribution in [0.25, 0.3) is 5.69 Å². The molecule has 9 nitrogen and oxygen atoms in total. The van der Waals surface area contributed by atoms with E-state index in [1.54, 1.807) is 4.68 Å². The van der Waals surface area contributed by atoms with Gasteiger partial charge in [0.25, 0.3) is 0 Å². The summed E-state index contributed by atoms with van der Waals surface area (Å²) in [5.41, 5.74) is 1.58. The molecule has 2 aromatic heterocycles. The van der Waals surface area contributed by atoms with Gasteiger partial charge in [-0.25, -0.2) is 14.1 Å². The fourth-order valence-corrected chi connectivity index (χ4v) is 4.30. The number of nitrogens with zero attached hydrogens (tertiary/aromatic N) is 7. The largest absolute Gasteiger partial charge is 0.365 e. The summed E-state index contributed by atoms with van der Waals surface area (Å²) < 4.78 is 16.0. The third-order valence-electron chi connectivity index (χ3n) is 6.13. The van der Waals surface area contributed by atoms with Crippen molar-refractivity contribution < 1.29 is 4.39 Å². The maximum Gasteiger partial charge on any atom is 0.229 e. The normalized spacial score (nSPS) is 18.6. The Balaban J connectivity index is 1.49. The van der Waals surface area contributed by atoms with Gasteiger partial charge in [-0.2, -0.15) is 4.98 Å². The summed E-state index contributed by atoms with van der Waals surface area (Å²) in [5.74, 6) is 0.0728. The molecule has 1 saturated heterocycles. The van der Waals surface area contributed by atoms with Crippen LogP contribution in [0.4, 0.5) is 21.8 Å². The van der Waals surface area contributed by atoms with Gasteiger partial charge in [0.1, 0.15) is 6.33 Å². The van der Waals surface area contributed by atoms with E-state index in [0.717, 1.165) is 24.2 Å². The topological polar surface area (TPSA) is 96.7 Å². The molecule has 0 radical (unpaired) electrons. The molecule has 0 bridgehead atoms. The number of anilines is 3. The maximum atomic E-state index is 14.5. The molecule has 10 heteroatoms. The monoisotopic (exact) mass is 425 g/mol. The molecule has 0 saturated carbocycles. The first kappa shape index (κ1) is 21.1. The zero-order valence-corrected chi connectivity index (χ0v) is 18.5. The molecular formula is C21H28FN9. The highest BCUT2D eigenvalue weighted by Gasteiger charge is 2.43. The van der Waals surface area contributed by atoms with Crippen LogP contribution in [0, 0.1) is 5.82 Å². The highest BCUT2D eigenvalue weighted by Crippen LogP contribution is 2.38. The molecule has 31 heavy (non-hydrogen) atoms. The van der Waals surface area contributed by atoms with Gasteiger partial charge < -0.3 is 10.6 Å². The standard InChI is InChI=1S/C21H28FN9/c1-20(2)10-15(11-21(3,4)30(20)5)25-18-17(22)12-23-19(27-18)26-14-6-8-16(9-7-14)31-13-24-28-29-31/h6-9,12-13,15H,10-11H2,1-5H3,(H2,23,25,26,27). The van der Waals surface area contributed by atoms with Crippen molar-refractivity contribution in [2.45, 2.75) is 57.7 Å². The van der Waals surface area contributed by atoms with Crippen molar-refractivity contribution in [3.8, 4) is 5.69 Å². The second-order valence-corrected chi connectivity index (χ2v) is 9.25. The van der Waals surface area contributed by atoms with E-state index in [1.165, 1.54) is 12.5 Å². The van der Waals surface area contributed by atoms with Crippen LogP contribution in [0.3, 0.4) is 0 Å². The predicted molar refractivity (Wildman–Crippen MR) is 117 cm³/mol. The summed E-state index contributed by atoms with van der Waals surface area (Å²) >= 11 is 0. The number of hydrogen-bond acceptors (Lipinski definition) is 8. The quantitative estimate of drug-likeness (QED) is 0.642. The second-order valence-electron chi connectivity index (χ2n) is 9.25. The smallest absolute Gasteiger partial charge is 0.229 e. The van der Waals surface area contributed by atoms with Crippen molar-refractivity contribution in [2.24, 2.45) is 0 Å². The zero-order valence-electron chi connectivity index (χ0n) is 18.5. The summed E-state index contributed by atoms with van der Waals surface area (Å²) in [5, 5.41) is 17.6. The summed E-state index contributed by atoms with van der Waals surface area (Å²) in [4.78, 5) is 10.9. The van der Waals surface area contributed by atoms with Gasteiger partial charge >= 0.3 is 0 Å². The van der Waals surface area contributed by atoms with Gasteiger partial charge in [0.05, 0.1) is 11.9 Å². The van der Waals surface area contributed by atoms with Crippen LogP contribution in [-0.4, -0.2) is 59.2 Å². The minimum absolute atomic E-state index is 0.00857. The van der Waals surface area contributed by atoms with Crippen LogP contribution in [0.1, 0.15) is 40.5 Å². The molecule has 4 rings (SSSR count). The van der Waals surface area contributed by atoms with Gasteiger partial charge in [0, 0.05) is 22.8 Å². The summed E-state index contributed by atoms with van der Waals surface area (Å²) in [6.45, 7) is 8.85. The molecule has 1 fully saturated rings. The van der Waals surface area contributed by atoms with E-state index in [0.29, 0.717) is 5.95 Å². The van der Waals surface area contributed by atoms with Crippen LogP contribution < -0.4 is 10.6 Å². The molecule has 0 amide bonds. The Kier molecular flexibility index (Phi) is 5.34. The molecule has 0 spiro atoms. The van der Waals surface area contributed by atoms with Crippen molar-refractivity contribution in [1.82, 2.24) is 35.1 Å². The molecule has 0 aliphatic carbocycles. The maximum absolute atomic E-state index is 14.5. The lowest BCUT2D eigenvalue weighted by Gasteiger charge is -2.53. The summed E-state index contributed by atoms with van der Waals surface area (Å²) in [6, 6.07) is 7.56. The van der Waals surface area contributed by atoms with E-state index in [2.05, 4.69) is 75.8 Å². The van der Waals surface area contributed by atoms with E-state index in [4.69, 9.17) is 0 Å². The molecule has 1 aromatic carbocycles. The third kappa shape index (κ3) is 4.48. The van der Waals surface area contributed by atoms with Crippen molar-refractivity contribution >= 4 is 17.5 Å². The van der Waals surface area contributed by atoms with Gasteiger partial charge in [-0.15, -0.1) is 5.10 Å². The van der Waals surface area contributed by atoms with Crippen LogP contribution in [0.5, 0.6) is 0 Å². The van der Waals surface area contributed by atoms with E-state index in [9.17, 15) is 4.39 Å². The number of aromatic nitrogens is 6. The fraction of sp³-hybridized carbons (Fsp3) is 0.476. The molecule has 1 aliphatic rings.